The van der Waals surface area contributed by atoms with E-state index in [0.717, 1.165) is 40.5 Å². The lowest BCUT2D eigenvalue weighted by atomic mass is 9.79. The monoisotopic (exact) mass is 474 g/mol. The standard InChI is InChI=1S/C27H34N6O2/c1-7-27(4,21-10-8-19(26(34)28-5)12-23(21)35-6)16-31-25-13-22(32-17-33-25)20-9-11-24(30-15-20)29-14-18(2)3/h8-13,15,17H,2,7,14,16H2,1,3-6H3,(H,28,34)(H,29,30)(H,31,32,33)/t27-/m1/s1. The minimum absolute atomic E-state index is 0.145. The van der Waals surface area contributed by atoms with Crippen LogP contribution in [0.2, 0.25) is 0 Å². The summed E-state index contributed by atoms with van der Waals surface area (Å²) < 4.78 is 5.65. The summed E-state index contributed by atoms with van der Waals surface area (Å²) in [6.07, 6.45) is 4.20. The Kier molecular flexibility index (Phi) is 8.41. The fourth-order valence-corrected chi connectivity index (χ4v) is 3.67. The summed E-state index contributed by atoms with van der Waals surface area (Å²) >= 11 is 0. The van der Waals surface area contributed by atoms with Gasteiger partial charge in [-0.25, -0.2) is 15.0 Å². The Morgan fingerprint density at radius 3 is 2.51 bits per heavy atom. The average molecular weight is 475 g/mol. The third kappa shape index (κ3) is 6.35. The lowest BCUT2D eigenvalue weighted by Gasteiger charge is -2.31. The molecule has 0 aliphatic carbocycles. The van der Waals surface area contributed by atoms with Crippen molar-refractivity contribution in [2.45, 2.75) is 32.6 Å². The van der Waals surface area contributed by atoms with Gasteiger partial charge in [-0.15, -0.1) is 0 Å². The van der Waals surface area contributed by atoms with Gasteiger partial charge in [0.1, 0.15) is 23.7 Å². The second-order valence-corrected chi connectivity index (χ2v) is 8.79. The van der Waals surface area contributed by atoms with Gasteiger partial charge in [0.05, 0.1) is 12.8 Å². The molecule has 0 unspecified atom stereocenters. The second-order valence-electron chi connectivity index (χ2n) is 8.79. The Hall–Kier alpha value is -3.94. The number of carbonyl (C=O) groups excluding carboxylic acids is 1. The van der Waals surface area contributed by atoms with E-state index in [1.807, 2.05) is 37.3 Å². The molecular formula is C27H34N6O2. The van der Waals surface area contributed by atoms with Crippen molar-refractivity contribution >= 4 is 17.5 Å². The molecule has 8 nitrogen and oxygen atoms in total. The Balaban J connectivity index is 1.77. The highest BCUT2D eigenvalue weighted by molar-refractivity contribution is 5.94. The topological polar surface area (TPSA) is 101 Å². The molecule has 2 aromatic heterocycles. The number of nitrogens with zero attached hydrogens (tertiary/aromatic N) is 3. The number of rotatable bonds is 11. The molecule has 35 heavy (non-hydrogen) atoms. The molecule has 2 heterocycles. The summed E-state index contributed by atoms with van der Waals surface area (Å²) in [6.45, 7) is 11.5. The lowest BCUT2D eigenvalue weighted by Crippen LogP contribution is -2.31. The summed E-state index contributed by atoms with van der Waals surface area (Å²) in [5.41, 5.74) is 4.07. The van der Waals surface area contributed by atoms with E-state index >= 15 is 0 Å². The molecule has 0 saturated carbocycles. The minimum atomic E-state index is -0.254. The third-order valence-electron chi connectivity index (χ3n) is 6.08. The van der Waals surface area contributed by atoms with Crippen molar-refractivity contribution in [2.75, 3.05) is 37.9 Å². The van der Waals surface area contributed by atoms with Gasteiger partial charge in [-0.3, -0.25) is 4.79 Å². The van der Waals surface area contributed by atoms with Crippen LogP contribution in [0.5, 0.6) is 5.75 Å². The van der Waals surface area contributed by atoms with Gasteiger partial charge in [0.2, 0.25) is 0 Å². The molecule has 3 N–H and O–H groups in total. The molecule has 0 saturated heterocycles. The molecule has 0 bridgehead atoms. The molecule has 0 aliphatic rings. The van der Waals surface area contributed by atoms with Gasteiger partial charge < -0.3 is 20.7 Å². The Morgan fingerprint density at radius 2 is 1.89 bits per heavy atom. The summed E-state index contributed by atoms with van der Waals surface area (Å²) in [4.78, 5) is 25.3. The number of benzene rings is 1. The molecule has 0 fully saturated rings. The fourth-order valence-electron chi connectivity index (χ4n) is 3.67. The summed E-state index contributed by atoms with van der Waals surface area (Å²) in [5, 5.41) is 9.34. The van der Waals surface area contributed by atoms with Crippen LogP contribution in [0.1, 0.15) is 43.1 Å². The van der Waals surface area contributed by atoms with Crippen molar-refractivity contribution in [1.29, 1.82) is 0 Å². The molecule has 1 amide bonds. The molecule has 184 valence electrons. The zero-order valence-corrected chi connectivity index (χ0v) is 21.1. The number of ether oxygens (including phenoxy) is 1. The molecule has 3 rings (SSSR count). The number of nitrogens with one attached hydrogen (secondary N) is 3. The van der Waals surface area contributed by atoms with Crippen molar-refractivity contribution < 1.29 is 9.53 Å². The maximum Gasteiger partial charge on any atom is 0.251 e. The zero-order chi connectivity index (χ0) is 25.4. The molecule has 8 heteroatoms. The van der Waals surface area contributed by atoms with Crippen LogP contribution in [0.3, 0.4) is 0 Å². The summed E-state index contributed by atoms with van der Waals surface area (Å²) in [5.74, 6) is 2.06. The van der Waals surface area contributed by atoms with E-state index in [4.69, 9.17) is 4.74 Å². The normalized spacial score (nSPS) is 12.4. The van der Waals surface area contributed by atoms with Crippen LogP contribution in [-0.2, 0) is 5.41 Å². The van der Waals surface area contributed by atoms with E-state index < -0.39 is 0 Å². The number of methoxy groups -OCH3 is 1. The van der Waals surface area contributed by atoms with Crippen LogP contribution in [-0.4, -0.2) is 48.1 Å². The van der Waals surface area contributed by atoms with E-state index in [2.05, 4.69) is 51.3 Å². The van der Waals surface area contributed by atoms with Crippen molar-refractivity contribution in [3.05, 3.63) is 72.2 Å². The zero-order valence-electron chi connectivity index (χ0n) is 21.1. The number of carbonyl (C=O) groups is 1. The Labute approximate surface area is 207 Å². The first kappa shape index (κ1) is 25.7. The quantitative estimate of drug-likeness (QED) is 0.347. The summed E-state index contributed by atoms with van der Waals surface area (Å²) in [7, 11) is 3.24. The van der Waals surface area contributed by atoms with Crippen molar-refractivity contribution in [3.8, 4) is 17.0 Å². The SMILES string of the molecule is C=C(C)CNc1ccc(-c2cc(NC[C@@](C)(CC)c3ccc(C(=O)NC)cc3OC)ncn2)cn1. The first-order valence-corrected chi connectivity index (χ1v) is 11.6. The van der Waals surface area contributed by atoms with Crippen LogP contribution in [0.25, 0.3) is 11.3 Å². The molecule has 0 aliphatic heterocycles. The largest absolute Gasteiger partial charge is 0.496 e. The summed E-state index contributed by atoms with van der Waals surface area (Å²) in [6, 6.07) is 11.4. The van der Waals surface area contributed by atoms with E-state index in [1.165, 1.54) is 0 Å². The van der Waals surface area contributed by atoms with Crippen molar-refractivity contribution in [3.63, 3.8) is 0 Å². The molecule has 0 spiro atoms. The number of pyridine rings is 1. The number of anilines is 2. The highest BCUT2D eigenvalue weighted by Crippen LogP contribution is 2.35. The maximum absolute atomic E-state index is 12.0. The van der Waals surface area contributed by atoms with Crippen LogP contribution in [0, 0.1) is 0 Å². The van der Waals surface area contributed by atoms with Gasteiger partial charge in [-0.1, -0.05) is 32.1 Å². The minimum Gasteiger partial charge on any atom is -0.496 e. The third-order valence-corrected chi connectivity index (χ3v) is 6.08. The highest BCUT2D eigenvalue weighted by Gasteiger charge is 2.29. The van der Waals surface area contributed by atoms with Crippen molar-refractivity contribution in [1.82, 2.24) is 20.3 Å². The smallest absolute Gasteiger partial charge is 0.251 e. The number of hydrogen-bond donors (Lipinski definition) is 3. The number of hydrogen-bond acceptors (Lipinski definition) is 7. The molecule has 3 aromatic rings. The first-order chi connectivity index (χ1) is 16.8. The fraction of sp³-hybridized carbons (Fsp3) is 0.333. The average Bonchev–Trinajstić information content (AvgIpc) is 2.90. The van der Waals surface area contributed by atoms with E-state index in [1.54, 1.807) is 32.7 Å². The molecule has 1 atom stereocenters. The van der Waals surface area contributed by atoms with Gasteiger partial charge in [-0.2, -0.15) is 0 Å². The van der Waals surface area contributed by atoms with Gasteiger partial charge in [0.15, 0.2) is 0 Å². The van der Waals surface area contributed by atoms with Gasteiger partial charge in [0, 0.05) is 54.5 Å². The predicted octanol–water partition coefficient (Wildman–Crippen LogP) is 4.67. The van der Waals surface area contributed by atoms with Crippen molar-refractivity contribution in [2.24, 2.45) is 0 Å². The van der Waals surface area contributed by atoms with E-state index in [-0.39, 0.29) is 11.3 Å². The maximum atomic E-state index is 12.0. The molecule has 0 radical (unpaired) electrons. The molecular weight excluding hydrogens is 440 g/mol. The van der Waals surface area contributed by atoms with E-state index in [9.17, 15) is 4.79 Å². The van der Waals surface area contributed by atoms with Crippen LogP contribution < -0.4 is 20.7 Å². The Morgan fingerprint density at radius 1 is 1.09 bits per heavy atom. The first-order valence-electron chi connectivity index (χ1n) is 11.6. The Bertz CT molecular complexity index is 1180. The van der Waals surface area contributed by atoms with Gasteiger partial charge >= 0.3 is 0 Å². The highest BCUT2D eigenvalue weighted by atomic mass is 16.5. The number of aromatic nitrogens is 3. The number of amides is 1. The van der Waals surface area contributed by atoms with Crippen LogP contribution in [0.4, 0.5) is 11.6 Å². The second kappa shape index (κ2) is 11.5. The van der Waals surface area contributed by atoms with Crippen LogP contribution in [0.15, 0.2) is 61.1 Å². The van der Waals surface area contributed by atoms with Gasteiger partial charge in [0.25, 0.3) is 5.91 Å². The molecule has 1 aromatic carbocycles. The van der Waals surface area contributed by atoms with Crippen LogP contribution >= 0.6 is 0 Å². The predicted molar refractivity (Wildman–Crippen MR) is 141 cm³/mol. The van der Waals surface area contributed by atoms with Gasteiger partial charge in [-0.05, 0) is 37.6 Å². The van der Waals surface area contributed by atoms with E-state index in [0.29, 0.717) is 24.4 Å². The lowest BCUT2D eigenvalue weighted by molar-refractivity contribution is 0.0962.